The monoisotopic (exact) mass is 354 g/mol. The van der Waals surface area contributed by atoms with Gasteiger partial charge >= 0.3 is 6.03 Å². The zero-order valence-corrected chi connectivity index (χ0v) is 14.3. The summed E-state index contributed by atoms with van der Waals surface area (Å²) in [5.74, 6) is -0.285. The molecule has 6 heteroatoms. The maximum absolute atomic E-state index is 13.0. The number of urea groups is 1. The lowest BCUT2D eigenvalue weighted by molar-refractivity contribution is 0.249. The summed E-state index contributed by atoms with van der Waals surface area (Å²) < 4.78 is 13.0. The molecule has 0 aliphatic carbocycles. The molecule has 0 aliphatic heterocycles. The number of halogens is 3. The molecule has 0 atom stereocenters. The predicted molar refractivity (Wildman–Crippen MR) is 92.9 cm³/mol. The van der Waals surface area contributed by atoms with Crippen LogP contribution in [0.15, 0.2) is 42.5 Å². The number of rotatable bonds is 4. The van der Waals surface area contributed by atoms with E-state index in [-0.39, 0.29) is 17.3 Å². The van der Waals surface area contributed by atoms with Crippen LogP contribution >= 0.6 is 23.2 Å². The van der Waals surface area contributed by atoms with Crippen molar-refractivity contribution in [2.75, 3.05) is 11.9 Å². The molecule has 0 radical (unpaired) electrons. The molecule has 2 aromatic rings. The summed E-state index contributed by atoms with van der Waals surface area (Å²) in [6.07, 6.45) is 0. The van der Waals surface area contributed by atoms with E-state index in [4.69, 9.17) is 23.2 Å². The molecule has 2 aromatic carbocycles. The summed E-state index contributed by atoms with van der Waals surface area (Å²) in [6, 6.07) is 10.7. The van der Waals surface area contributed by atoms with Crippen molar-refractivity contribution < 1.29 is 9.18 Å². The van der Waals surface area contributed by atoms with Gasteiger partial charge in [-0.1, -0.05) is 49.2 Å². The first-order chi connectivity index (χ1) is 10.8. The van der Waals surface area contributed by atoms with Gasteiger partial charge in [0.2, 0.25) is 0 Å². The maximum atomic E-state index is 13.0. The Morgan fingerprint density at radius 3 is 2.39 bits per heavy atom. The number of hydrogen-bond donors (Lipinski definition) is 2. The minimum Gasteiger partial charge on any atom is -0.337 e. The second-order valence-electron chi connectivity index (χ2n) is 5.82. The SMILES string of the molecule is CC(C)(CNC(=O)Nc1ccc(Cl)cc1Cl)c1ccc(F)cc1. The molecule has 0 heterocycles. The Morgan fingerprint density at radius 1 is 1.13 bits per heavy atom. The minimum absolute atomic E-state index is 0.285. The van der Waals surface area contributed by atoms with E-state index in [0.29, 0.717) is 22.3 Å². The average Bonchev–Trinajstić information content (AvgIpc) is 2.49. The largest absolute Gasteiger partial charge is 0.337 e. The summed E-state index contributed by atoms with van der Waals surface area (Å²) in [5, 5.41) is 6.33. The van der Waals surface area contributed by atoms with E-state index in [0.717, 1.165) is 5.56 Å². The second kappa shape index (κ2) is 7.20. The first-order valence-electron chi connectivity index (χ1n) is 7.04. The van der Waals surface area contributed by atoms with E-state index in [9.17, 15) is 9.18 Å². The molecule has 122 valence electrons. The van der Waals surface area contributed by atoms with Crippen molar-refractivity contribution in [1.82, 2.24) is 5.32 Å². The van der Waals surface area contributed by atoms with Crippen molar-refractivity contribution in [3.05, 3.63) is 63.9 Å². The minimum atomic E-state index is -0.371. The van der Waals surface area contributed by atoms with Crippen LogP contribution in [0.25, 0.3) is 0 Å². The van der Waals surface area contributed by atoms with Crippen molar-refractivity contribution in [1.29, 1.82) is 0 Å². The fourth-order valence-electron chi connectivity index (χ4n) is 2.06. The van der Waals surface area contributed by atoms with Crippen molar-refractivity contribution >= 4 is 34.9 Å². The molecular formula is C17H17Cl2FN2O. The third kappa shape index (κ3) is 4.85. The van der Waals surface area contributed by atoms with E-state index in [1.54, 1.807) is 30.3 Å². The fraction of sp³-hybridized carbons (Fsp3) is 0.235. The number of benzene rings is 2. The first kappa shape index (κ1) is 17.6. The number of anilines is 1. The van der Waals surface area contributed by atoms with Gasteiger partial charge in [0.25, 0.3) is 0 Å². The van der Waals surface area contributed by atoms with Gasteiger partial charge in [-0.2, -0.15) is 0 Å². The van der Waals surface area contributed by atoms with Gasteiger partial charge < -0.3 is 10.6 Å². The van der Waals surface area contributed by atoms with Crippen LogP contribution < -0.4 is 10.6 Å². The lowest BCUT2D eigenvalue weighted by Gasteiger charge is -2.25. The van der Waals surface area contributed by atoms with Crippen LogP contribution in [0.2, 0.25) is 10.0 Å². The highest BCUT2D eigenvalue weighted by Crippen LogP contribution is 2.25. The lowest BCUT2D eigenvalue weighted by Crippen LogP contribution is -2.39. The predicted octanol–water partition coefficient (Wildman–Crippen LogP) is 5.23. The first-order valence-corrected chi connectivity index (χ1v) is 7.79. The molecule has 2 N–H and O–H groups in total. The lowest BCUT2D eigenvalue weighted by atomic mass is 9.84. The molecule has 0 bridgehead atoms. The van der Waals surface area contributed by atoms with E-state index in [1.165, 1.54) is 12.1 Å². The van der Waals surface area contributed by atoms with Gasteiger partial charge in [-0.25, -0.2) is 9.18 Å². The van der Waals surface area contributed by atoms with E-state index >= 15 is 0 Å². The Kier molecular flexibility index (Phi) is 5.50. The summed E-state index contributed by atoms with van der Waals surface area (Å²) in [5.41, 5.74) is 1.08. The van der Waals surface area contributed by atoms with Crippen LogP contribution in [0, 0.1) is 5.82 Å². The van der Waals surface area contributed by atoms with Gasteiger partial charge in [0.1, 0.15) is 5.82 Å². The quantitative estimate of drug-likeness (QED) is 0.775. The molecule has 0 aliphatic rings. The number of nitrogens with one attached hydrogen (secondary N) is 2. The van der Waals surface area contributed by atoms with Gasteiger partial charge in [0.15, 0.2) is 0 Å². The van der Waals surface area contributed by atoms with Crippen molar-refractivity contribution in [2.24, 2.45) is 0 Å². The zero-order chi connectivity index (χ0) is 17.0. The van der Waals surface area contributed by atoms with E-state index in [1.807, 2.05) is 13.8 Å². The molecular weight excluding hydrogens is 338 g/mol. The van der Waals surface area contributed by atoms with Crippen LogP contribution in [-0.2, 0) is 5.41 Å². The summed E-state index contributed by atoms with van der Waals surface area (Å²) >= 11 is 11.8. The highest BCUT2D eigenvalue weighted by molar-refractivity contribution is 6.36. The Balaban J connectivity index is 1.96. The number of carbonyl (C=O) groups is 1. The van der Waals surface area contributed by atoms with Crippen LogP contribution in [0.3, 0.4) is 0 Å². The smallest absolute Gasteiger partial charge is 0.319 e. The Labute approximate surface area is 144 Å². The van der Waals surface area contributed by atoms with Gasteiger partial charge in [0, 0.05) is 17.0 Å². The number of amides is 2. The third-order valence-corrected chi connectivity index (χ3v) is 4.04. The summed E-state index contributed by atoms with van der Waals surface area (Å²) in [4.78, 5) is 12.0. The fourth-order valence-corrected chi connectivity index (χ4v) is 2.52. The van der Waals surface area contributed by atoms with Gasteiger partial charge in [-0.3, -0.25) is 0 Å². The molecule has 0 saturated carbocycles. The zero-order valence-electron chi connectivity index (χ0n) is 12.8. The normalized spacial score (nSPS) is 11.2. The van der Waals surface area contributed by atoms with Crippen LogP contribution in [0.5, 0.6) is 0 Å². The van der Waals surface area contributed by atoms with E-state index in [2.05, 4.69) is 10.6 Å². The highest BCUT2D eigenvalue weighted by Gasteiger charge is 2.21. The Bertz CT molecular complexity index is 702. The van der Waals surface area contributed by atoms with Gasteiger partial charge in [-0.05, 0) is 35.9 Å². The Morgan fingerprint density at radius 2 is 1.78 bits per heavy atom. The van der Waals surface area contributed by atoms with Crippen molar-refractivity contribution in [3.63, 3.8) is 0 Å². The molecule has 2 amide bonds. The standard InChI is InChI=1S/C17H17Cl2FN2O/c1-17(2,11-3-6-13(20)7-4-11)10-21-16(23)22-15-8-5-12(18)9-14(15)19/h3-9H,10H2,1-2H3,(H2,21,22,23). The highest BCUT2D eigenvalue weighted by atomic mass is 35.5. The number of hydrogen-bond acceptors (Lipinski definition) is 1. The van der Waals surface area contributed by atoms with Gasteiger partial charge in [-0.15, -0.1) is 0 Å². The Hall–Kier alpha value is -1.78. The van der Waals surface area contributed by atoms with Crippen molar-refractivity contribution in [2.45, 2.75) is 19.3 Å². The summed E-state index contributed by atoms with van der Waals surface area (Å²) in [7, 11) is 0. The van der Waals surface area contributed by atoms with E-state index < -0.39 is 0 Å². The molecule has 2 rings (SSSR count). The molecule has 23 heavy (non-hydrogen) atoms. The third-order valence-electron chi connectivity index (χ3n) is 3.50. The molecule has 0 saturated heterocycles. The maximum Gasteiger partial charge on any atom is 0.319 e. The average molecular weight is 355 g/mol. The van der Waals surface area contributed by atoms with Crippen LogP contribution in [-0.4, -0.2) is 12.6 Å². The topological polar surface area (TPSA) is 41.1 Å². The summed E-state index contributed by atoms with van der Waals surface area (Å²) in [6.45, 7) is 4.32. The van der Waals surface area contributed by atoms with Crippen LogP contribution in [0.1, 0.15) is 19.4 Å². The number of carbonyl (C=O) groups excluding carboxylic acids is 1. The molecule has 0 fully saturated rings. The van der Waals surface area contributed by atoms with Crippen molar-refractivity contribution in [3.8, 4) is 0 Å². The molecule has 0 unspecified atom stereocenters. The van der Waals surface area contributed by atoms with Crippen LogP contribution in [0.4, 0.5) is 14.9 Å². The molecule has 0 aromatic heterocycles. The molecule has 3 nitrogen and oxygen atoms in total. The molecule has 0 spiro atoms. The second-order valence-corrected chi connectivity index (χ2v) is 6.67. The van der Waals surface area contributed by atoms with Gasteiger partial charge in [0.05, 0.1) is 10.7 Å².